The van der Waals surface area contributed by atoms with Crippen molar-refractivity contribution in [2.24, 2.45) is 4.99 Å². The highest BCUT2D eigenvalue weighted by Gasteiger charge is 2.33. The number of nitrogens with zero attached hydrogens (tertiary/aromatic N) is 3. The SMILES string of the molecule is CCNC(=NCC1(OC)CCOCC1)N1CCN(S(=O)(=O)CCOC(C)C)CC1.I. The van der Waals surface area contributed by atoms with Crippen molar-refractivity contribution >= 4 is 40.0 Å². The number of methoxy groups -OCH3 is 1. The van der Waals surface area contributed by atoms with E-state index in [1.807, 2.05) is 20.8 Å². The molecule has 2 fully saturated rings. The second-order valence-electron chi connectivity index (χ2n) is 7.79. The first kappa shape index (κ1) is 27.8. The lowest BCUT2D eigenvalue weighted by Crippen LogP contribution is -2.54. The summed E-state index contributed by atoms with van der Waals surface area (Å²) in [7, 11) is -1.56. The number of guanidine groups is 1. The molecule has 11 heteroatoms. The fraction of sp³-hybridized carbons (Fsp3) is 0.947. The molecule has 0 radical (unpaired) electrons. The molecule has 2 aliphatic heterocycles. The topological polar surface area (TPSA) is 92.7 Å². The number of nitrogens with one attached hydrogen (secondary N) is 1. The molecule has 2 saturated heterocycles. The van der Waals surface area contributed by atoms with E-state index in [1.54, 1.807) is 11.4 Å². The lowest BCUT2D eigenvalue weighted by Gasteiger charge is -2.37. The van der Waals surface area contributed by atoms with Gasteiger partial charge in [-0.15, -0.1) is 24.0 Å². The van der Waals surface area contributed by atoms with Crippen LogP contribution in [0.2, 0.25) is 0 Å². The summed E-state index contributed by atoms with van der Waals surface area (Å²) in [5.74, 6) is 0.841. The quantitative estimate of drug-likeness (QED) is 0.256. The van der Waals surface area contributed by atoms with Crippen molar-refractivity contribution in [1.29, 1.82) is 0 Å². The highest BCUT2D eigenvalue weighted by atomic mass is 127. The Labute approximate surface area is 199 Å². The summed E-state index contributed by atoms with van der Waals surface area (Å²) >= 11 is 0. The smallest absolute Gasteiger partial charge is 0.216 e. The number of halogens is 1. The molecular weight excluding hydrogens is 523 g/mol. The van der Waals surface area contributed by atoms with E-state index < -0.39 is 10.0 Å². The Morgan fingerprint density at radius 1 is 1.20 bits per heavy atom. The van der Waals surface area contributed by atoms with E-state index >= 15 is 0 Å². The van der Waals surface area contributed by atoms with Crippen LogP contribution in [0.5, 0.6) is 0 Å². The van der Waals surface area contributed by atoms with Gasteiger partial charge >= 0.3 is 0 Å². The van der Waals surface area contributed by atoms with Crippen molar-refractivity contribution in [2.75, 3.05) is 72.0 Å². The van der Waals surface area contributed by atoms with E-state index in [9.17, 15) is 8.42 Å². The average molecular weight is 563 g/mol. The van der Waals surface area contributed by atoms with Gasteiger partial charge in [-0.3, -0.25) is 4.99 Å². The summed E-state index contributed by atoms with van der Waals surface area (Å²) in [4.78, 5) is 6.95. The van der Waals surface area contributed by atoms with Crippen LogP contribution in [-0.2, 0) is 24.2 Å². The molecule has 178 valence electrons. The number of aliphatic imine (C=N–C) groups is 1. The van der Waals surface area contributed by atoms with Gasteiger partial charge in [0.15, 0.2) is 5.96 Å². The van der Waals surface area contributed by atoms with Gasteiger partial charge in [0, 0.05) is 65.9 Å². The average Bonchev–Trinajstić information content (AvgIpc) is 2.71. The first-order valence-corrected chi connectivity index (χ1v) is 12.2. The Hall–Kier alpha value is -0.210. The molecule has 1 N–H and O–H groups in total. The van der Waals surface area contributed by atoms with Gasteiger partial charge in [-0.2, -0.15) is 4.31 Å². The van der Waals surface area contributed by atoms with Crippen LogP contribution >= 0.6 is 24.0 Å². The molecule has 0 unspecified atom stereocenters. The van der Waals surface area contributed by atoms with Crippen LogP contribution in [0.3, 0.4) is 0 Å². The van der Waals surface area contributed by atoms with Crippen LogP contribution in [0.25, 0.3) is 0 Å². The van der Waals surface area contributed by atoms with Crippen LogP contribution in [0.1, 0.15) is 33.6 Å². The predicted molar refractivity (Wildman–Crippen MR) is 129 cm³/mol. The van der Waals surface area contributed by atoms with Crippen molar-refractivity contribution in [2.45, 2.75) is 45.3 Å². The molecule has 0 aromatic rings. The zero-order valence-corrected chi connectivity index (χ0v) is 21.9. The van der Waals surface area contributed by atoms with Crippen molar-refractivity contribution < 1.29 is 22.6 Å². The molecule has 2 aliphatic rings. The third kappa shape index (κ3) is 8.38. The standard InChI is InChI=1S/C19H38N4O5S.HI/c1-5-20-18(21-16-19(26-4)6-12-27-13-7-19)22-8-10-23(11-9-22)29(24,25)15-14-28-17(2)3;/h17H,5-16H2,1-4H3,(H,20,21);1H. The maximum atomic E-state index is 12.5. The lowest BCUT2D eigenvalue weighted by molar-refractivity contribution is -0.0829. The van der Waals surface area contributed by atoms with Gasteiger partial charge in [-0.05, 0) is 20.8 Å². The Morgan fingerprint density at radius 2 is 1.83 bits per heavy atom. The van der Waals surface area contributed by atoms with E-state index in [0.29, 0.717) is 45.9 Å². The Morgan fingerprint density at radius 3 is 2.37 bits per heavy atom. The van der Waals surface area contributed by atoms with Crippen LogP contribution in [0.4, 0.5) is 0 Å². The molecule has 0 bridgehead atoms. The van der Waals surface area contributed by atoms with Crippen molar-refractivity contribution in [1.82, 2.24) is 14.5 Å². The Balaban J connectivity index is 0.00000450. The number of hydrogen-bond acceptors (Lipinski definition) is 6. The summed E-state index contributed by atoms with van der Waals surface area (Å²) in [6.45, 7) is 10.9. The van der Waals surface area contributed by atoms with Crippen molar-refractivity contribution in [3.63, 3.8) is 0 Å². The van der Waals surface area contributed by atoms with E-state index in [1.165, 1.54) is 0 Å². The number of sulfonamides is 1. The molecule has 0 saturated carbocycles. The molecule has 0 amide bonds. The zero-order chi connectivity index (χ0) is 21.3. The molecule has 0 atom stereocenters. The molecule has 0 aliphatic carbocycles. The van der Waals surface area contributed by atoms with Crippen molar-refractivity contribution in [3.8, 4) is 0 Å². The minimum Gasteiger partial charge on any atom is -0.381 e. The summed E-state index contributed by atoms with van der Waals surface area (Å²) in [5.41, 5.74) is -0.277. The van der Waals surface area contributed by atoms with Crippen LogP contribution in [0, 0.1) is 0 Å². The lowest BCUT2D eigenvalue weighted by atomic mass is 9.94. The van der Waals surface area contributed by atoms with Gasteiger partial charge in [0.25, 0.3) is 0 Å². The molecular formula is C19H39IN4O5S. The fourth-order valence-electron chi connectivity index (χ4n) is 3.51. The third-order valence-corrected chi connectivity index (χ3v) is 7.25. The minimum atomic E-state index is -3.30. The summed E-state index contributed by atoms with van der Waals surface area (Å²) < 4.78 is 43.3. The summed E-state index contributed by atoms with van der Waals surface area (Å²) in [5, 5.41) is 3.33. The number of ether oxygens (including phenoxy) is 3. The van der Waals surface area contributed by atoms with Gasteiger partial charge in [0.1, 0.15) is 0 Å². The monoisotopic (exact) mass is 562 g/mol. The van der Waals surface area contributed by atoms with Crippen LogP contribution in [0.15, 0.2) is 4.99 Å². The first-order valence-electron chi connectivity index (χ1n) is 10.6. The zero-order valence-electron chi connectivity index (χ0n) is 18.8. The normalized spacial score (nSPS) is 20.8. The van der Waals surface area contributed by atoms with E-state index in [2.05, 4.69) is 10.2 Å². The van der Waals surface area contributed by atoms with E-state index in [-0.39, 0.29) is 48.0 Å². The molecule has 0 aromatic heterocycles. The van der Waals surface area contributed by atoms with E-state index in [4.69, 9.17) is 19.2 Å². The number of rotatable bonds is 9. The molecule has 2 rings (SSSR count). The molecule has 9 nitrogen and oxygen atoms in total. The van der Waals surface area contributed by atoms with Gasteiger partial charge in [0.2, 0.25) is 10.0 Å². The Kier molecular flexibility index (Phi) is 12.4. The molecule has 0 spiro atoms. The van der Waals surface area contributed by atoms with Crippen LogP contribution in [-0.4, -0.2) is 107 Å². The second-order valence-corrected chi connectivity index (χ2v) is 9.88. The van der Waals surface area contributed by atoms with Gasteiger partial charge in [0.05, 0.1) is 30.6 Å². The minimum absolute atomic E-state index is 0. The second kappa shape index (κ2) is 13.4. The molecule has 2 heterocycles. The summed E-state index contributed by atoms with van der Waals surface area (Å²) in [6, 6.07) is 0. The van der Waals surface area contributed by atoms with E-state index in [0.717, 1.165) is 25.3 Å². The summed E-state index contributed by atoms with van der Waals surface area (Å²) in [6.07, 6.45) is 1.69. The maximum Gasteiger partial charge on any atom is 0.216 e. The Bertz CT molecular complexity index is 618. The highest BCUT2D eigenvalue weighted by Crippen LogP contribution is 2.25. The molecule has 30 heavy (non-hydrogen) atoms. The maximum absolute atomic E-state index is 12.5. The number of piperazine rings is 1. The predicted octanol–water partition coefficient (Wildman–Crippen LogP) is 1.14. The van der Waals surface area contributed by atoms with Gasteiger partial charge in [-0.25, -0.2) is 8.42 Å². The first-order chi connectivity index (χ1) is 13.8. The largest absolute Gasteiger partial charge is 0.381 e. The van der Waals surface area contributed by atoms with Gasteiger partial charge in [-0.1, -0.05) is 0 Å². The number of hydrogen-bond donors (Lipinski definition) is 1. The van der Waals surface area contributed by atoms with Crippen LogP contribution < -0.4 is 5.32 Å². The fourth-order valence-corrected chi connectivity index (χ4v) is 4.80. The van der Waals surface area contributed by atoms with Crippen molar-refractivity contribution in [3.05, 3.63) is 0 Å². The highest BCUT2D eigenvalue weighted by molar-refractivity contribution is 14.0. The third-order valence-electron chi connectivity index (χ3n) is 5.41. The molecule has 0 aromatic carbocycles. The van der Waals surface area contributed by atoms with Gasteiger partial charge < -0.3 is 24.4 Å².